The van der Waals surface area contributed by atoms with Gasteiger partial charge in [-0.15, -0.1) is 0 Å². The molecule has 0 N–H and O–H groups in total. The molecule has 2 aromatic heterocycles. The number of ether oxygens (including phenoxy) is 1. The smallest absolute Gasteiger partial charge is 0.278 e. The molecule has 0 fully saturated rings. The van der Waals surface area contributed by atoms with Gasteiger partial charge in [-0.1, -0.05) is 16.8 Å². The van der Waals surface area contributed by atoms with E-state index < -0.39 is 5.82 Å². The number of halogens is 2. The van der Waals surface area contributed by atoms with Crippen molar-refractivity contribution in [1.82, 2.24) is 19.9 Å². The van der Waals surface area contributed by atoms with E-state index in [0.29, 0.717) is 23.1 Å². The Balaban J connectivity index is 1.80. The van der Waals surface area contributed by atoms with Gasteiger partial charge in [0.2, 0.25) is 0 Å². The lowest BCUT2D eigenvalue weighted by atomic mass is 10.2. The van der Waals surface area contributed by atoms with E-state index in [9.17, 15) is 4.39 Å². The fraction of sp³-hybridized carbons (Fsp3) is 0.312. The number of methoxy groups -OCH3 is 1. The monoisotopic (exact) mass is 348 g/mol. The summed E-state index contributed by atoms with van der Waals surface area (Å²) in [4.78, 5) is 4.31. The normalized spacial score (nSPS) is 13.5. The maximum atomic E-state index is 13.8. The van der Waals surface area contributed by atoms with E-state index in [0.717, 1.165) is 30.5 Å². The van der Waals surface area contributed by atoms with Gasteiger partial charge in [0.15, 0.2) is 11.5 Å². The molecule has 0 saturated carbocycles. The molecule has 4 rings (SSSR count). The lowest BCUT2D eigenvalue weighted by Crippen LogP contribution is -2.02. The molecule has 3 aromatic rings. The van der Waals surface area contributed by atoms with Crippen LogP contribution >= 0.6 is 11.6 Å². The Hall–Kier alpha value is -2.25. The predicted octanol–water partition coefficient (Wildman–Crippen LogP) is 3.35. The Labute approximate surface area is 142 Å². The average Bonchev–Trinajstić information content (AvgIpc) is 3.26. The summed E-state index contributed by atoms with van der Waals surface area (Å²) in [7, 11) is 1.57. The maximum Gasteiger partial charge on any atom is 0.278 e. The number of hydrogen-bond donors (Lipinski definition) is 0. The SMILES string of the molecule is COCc1noc(-c2nn(-c3ccc(Cl)c(F)c3)c3c2CCC3)n1. The molecule has 0 unspecified atom stereocenters. The lowest BCUT2D eigenvalue weighted by Gasteiger charge is -2.06. The van der Waals surface area contributed by atoms with Crippen LogP contribution in [0.4, 0.5) is 4.39 Å². The molecule has 0 aliphatic heterocycles. The number of fused-ring (bicyclic) bond motifs is 1. The highest BCUT2D eigenvalue weighted by Gasteiger charge is 2.27. The zero-order valence-electron chi connectivity index (χ0n) is 12.9. The molecular weight excluding hydrogens is 335 g/mol. The van der Waals surface area contributed by atoms with Gasteiger partial charge in [-0.2, -0.15) is 10.1 Å². The minimum atomic E-state index is -0.474. The van der Waals surface area contributed by atoms with Gasteiger partial charge in [-0.05, 0) is 31.4 Å². The second-order valence-corrected chi connectivity index (χ2v) is 5.99. The van der Waals surface area contributed by atoms with E-state index in [1.807, 2.05) is 0 Å². The first-order valence-corrected chi connectivity index (χ1v) is 7.93. The minimum Gasteiger partial charge on any atom is -0.377 e. The molecule has 1 aromatic carbocycles. The van der Waals surface area contributed by atoms with Gasteiger partial charge >= 0.3 is 0 Å². The second-order valence-electron chi connectivity index (χ2n) is 5.59. The van der Waals surface area contributed by atoms with Crippen molar-refractivity contribution < 1.29 is 13.7 Å². The topological polar surface area (TPSA) is 66.0 Å². The highest BCUT2D eigenvalue weighted by molar-refractivity contribution is 6.30. The Bertz CT molecular complexity index is 906. The average molecular weight is 349 g/mol. The zero-order valence-corrected chi connectivity index (χ0v) is 13.7. The van der Waals surface area contributed by atoms with Crippen molar-refractivity contribution in [3.8, 4) is 17.3 Å². The van der Waals surface area contributed by atoms with Gasteiger partial charge in [0.05, 0.1) is 10.7 Å². The highest BCUT2D eigenvalue weighted by atomic mass is 35.5. The minimum absolute atomic E-state index is 0.0869. The van der Waals surface area contributed by atoms with E-state index in [4.69, 9.17) is 20.9 Å². The van der Waals surface area contributed by atoms with Crippen molar-refractivity contribution in [3.63, 3.8) is 0 Å². The van der Waals surface area contributed by atoms with Crippen LogP contribution in [0.15, 0.2) is 22.7 Å². The molecule has 0 amide bonds. The fourth-order valence-corrected chi connectivity index (χ4v) is 3.09. The number of benzene rings is 1. The zero-order chi connectivity index (χ0) is 16.7. The first-order chi connectivity index (χ1) is 11.7. The van der Waals surface area contributed by atoms with Gasteiger partial charge in [0, 0.05) is 24.4 Å². The van der Waals surface area contributed by atoms with Crippen LogP contribution < -0.4 is 0 Å². The predicted molar refractivity (Wildman–Crippen MR) is 84.6 cm³/mol. The Morgan fingerprint density at radius 1 is 1.38 bits per heavy atom. The van der Waals surface area contributed by atoms with Gasteiger partial charge in [0.1, 0.15) is 12.4 Å². The summed E-state index contributed by atoms with van der Waals surface area (Å²) in [5.41, 5.74) is 3.38. The number of rotatable bonds is 4. The summed E-state index contributed by atoms with van der Waals surface area (Å²) in [6.07, 6.45) is 2.75. The van der Waals surface area contributed by atoms with E-state index in [-0.39, 0.29) is 11.6 Å². The molecule has 1 aliphatic rings. The molecular formula is C16H14ClFN4O2. The van der Waals surface area contributed by atoms with Crippen LogP contribution in [0.2, 0.25) is 5.02 Å². The van der Waals surface area contributed by atoms with Crippen LogP contribution in [0.1, 0.15) is 23.5 Å². The standard InChI is InChI=1S/C16H14ClFN4O2/c1-23-8-14-19-16(24-21-14)15-10-3-2-4-13(10)22(20-15)9-5-6-11(17)12(18)7-9/h5-7H,2-4,8H2,1H3. The van der Waals surface area contributed by atoms with Crippen LogP contribution in [-0.2, 0) is 24.2 Å². The Kier molecular flexibility index (Phi) is 3.82. The van der Waals surface area contributed by atoms with E-state index in [1.165, 1.54) is 12.1 Å². The molecule has 0 bridgehead atoms. The van der Waals surface area contributed by atoms with Crippen molar-refractivity contribution in [1.29, 1.82) is 0 Å². The van der Waals surface area contributed by atoms with Crippen molar-refractivity contribution in [3.05, 3.63) is 46.1 Å². The molecule has 0 spiro atoms. The van der Waals surface area contributed by atoms with E-state index >= 15 is 0 Å². The van der Waals surface area contributed by atoms with Gasteiger partial charge in [0.25, 0.3) is 5.89 Å². The van der Waals surface area contributed by atoms with Crippen LogP contribution in [0.3, 0.4) is 0 Å². The molecule has 8 heteroatoms. The molecule has 2 heterocycles. The molecule has 1 aliphatic carbocycles. The van der Waals surface area contributed by atoms with Crippen LogP contribution in [0.5, 0.6) is 0 Å². The largest absolute Gasteiger partial charge is 0.377 e. The van der Waals surface area contributed by atoms with Crippen LogP contribution in [-0.4, -0.2) is 27.0 Å². The van der Waals surface area contributed by atoms with Crippen molar-refractivity contribution in [2.24, 2.45) is 0 Å². The molecule has 0 atom stereocenters. The van der Waals surface area contributed by atoms with Gasteiger partial charge < -0.3 is 9.26 Å². The molecule has 6 nitrogen and oxygen atoms in total. The van der Waals surface area contributed by atoms with Crippen LogP contribution in [0, 0.1) is 5.82 Å². The third-order valence-electron chi connectivity index (χ3n) is 4.02. The van der Waals surface area contributed by atoms with Crippen LogP contribution in [0.25, 0.3) is 17.3 Å². The van der Waals surface area contributed by atoms with Gasteiger partial charge in [-0.25, -0.2) is 9.07 Å². The summed E-state index contributed by atoms with van der Waals surface area (Å²) in [6.45, 7) is 0.273. The summed E-state index contributed by atoms with van der Waals surface area (Å²) >= 11 is 5.77. The first kappa shape index (κ1) is 15.3. The second kappa shape index (κ2) is 5.99. The summed E-state index contributed by atoms with van der Waals surface area (Å²) in [5.74, 6) is 0.345. The van der Waals surface area contributed by atoms with Gasteiger partial charge in [-0.3, -0.25) is 0 Å². The summed E-state index contributed by atoms with van der Waals surface area (Å²) < 4.78 is 25.9. The van der Waals surface area contributed by atoms with Crippen molar-refractivity contribution in [2.45, 2.75) is 25.9 Å². The number of hydrogen-bond acceptors (Lipinski definition) is 5. The molecule has 0 radical (unpaired) electrons. The third-order valence-corrected chi connectivity index (χ3v) is 4.33. The van der Waals surface area contributed by atoms with E-state index in [1.54, 1.807) is 17.9 Å². The summed E-state index contributed by atoms with van der Waals surface area (Å²) in [6, 6.07) is 4.64. The first-order valence-electron chi connectivity index (χ1n) is 7.55. The Morgan fingerprint density at radius 2 is 2.25 bits per heavy atom. The maximum absolute atomic E-state index is 13.8. The lowest BCUT2D eigenvalue weighted by molar-refractivity contribution is 0.174. The van der Waals surface area contributed by atoms with E-state index in [2.05, 4.69) is 15.2 Å². The third kappa shape index (κ3) is 2.50. The molecule has 124 valence electrons. The molecule has 0 saturated heterocycles. The number of aromatic nitrogens is 4. The molecule has 24 heavy (non-hydrogen) atoms. The quantitative estimate of drug-likeness (QED) is 0.723. The van der Waals surface area contributed by atoms with Crippen molar-refractivity contribution >= 4 is 11.6 Å². The van der Waals surface area contributed by atoms with Crippen molar-refractivity contribution in [2.75, 3.05) is 7.11 Å². The highest BCUT2D eigenvalue weighted by Crippen LogP contribution is 2.33. The fourth-order valence-electron chi connectivity index (χ4n) is 2.98. The Morgan fingerprint density at radius 3 is 3.04 bits per heavy atom. The summed E-state index contributed by atoms with van der Waals surface area (Å²) in [5, 5.41) is 8.55. The number of nitrogens with zero attached hydrogens (tertiary/aromatic N) is 4.